The molecule has 0 saturated heterocycles. The van der Waals surface area contributed by atoms with E-state index in [2.05, 4.69) is 25.9 Å². The normalized spacial score (nSPS) is 9.83. The largest absolute Gasteiger partial charge is 0.298 e. The second-order valence-corrected chi connectivity index (χ2v) is 3.16. The molecule has 1 aromatic rings. The van der Waals surface area contributed by atoms with E-state index in [9.17, 15) is 4.79 Å². The monoisotopic (exact) mass is 248 g/mol. The van der Waals surface area contributed by atoms with E-state index in [0.29, 0.717) is 16.2 Å². The van der Waals surface area contributed by atoms with Crippen molar-refractivity contribution in [2.24, 2.45) is 0 Å². The van der Waals surface area contributed by atoms with Crippen molar-refractivity contribution in [3.05, 3.63) is 23.2 Å². The van der Waals surface area contributed by atoms with Crippen LogP contribution in [0.5, 0.6) is 0 Å². The van der Waals surface area contributed by atoms with Crippen LogP contribution in [0.25, 0.3) is 0 Å². The first kappa shape index (κ1) is 9.61. The summed E-state index contributed by atoms with van der Waals surface area (Å²) in [6, 6.07) is 0. The minimum absolute atomic E-state index is 0.0531. The zero-order valence-electron chi connectivity index (χ0n) is 6.13. The van der Waals surface area contributed by atoms with Crippen LogP contribution in [-0.2, 0) is 11.2 Å². The smallest absolute Gasteiger partial charge is 0.150 e. The summed E-state index contributed by atoms with van der Waals surface area (Å²) in [5.74, 6) is 0.557. The zero-order chi connectivity index (χ0) is 8.97. The van der Waals surface area contributed by atoms with Crippen LogP contribution in [0.3, 0.4) is 0 Å². The van der Waals surface area contributed by atoms with Crippen LogP contribution in [0.1, 0.15) is 5.82 Å². The van der Waals surface area contributed by atoms with Gasteiger partial charge in [-0.05, 0) is 0 Å². The molecule has 12 heavy (non-hydrogen) atoms. The van der Waals surface area contributed by atoms with Gasteiger partial charge in [-0.1, -0.05) is 27.5 Å². The van der Waals surface area contributed by atoms with E-state index in [1.54, 1.807) is 0 Å². The van der Waals surface area contributed by atoms with Gasteiger partial charge in [0.15, 0.2) is 5.78 Å². The minimum Gasteiger partial charge on any atom is -0.298 e. The molecule has 0 amide bonds. The molecule has 0 saturated carbocycles. The summed E-state index contributed by atoms with van der Waals surface area (Å²) >= 11 is 8.62. The second kappa shape index (κ2) is 4.52. The predicted octanol–water partition coefficient (Wildman–Crippen LogP) is 1.64. The minimum atomic E-state index is 0.0531. The lowest BCUT2D eigenvalue weighted by Gasteiger charge is -1.95. The number of hydrogen-bond acceptors (Lipinski definition) is 3. The maximum atomic E-state index is 10.9. The topological polar surface area (TPSA) is 42.9 Å². The number of alkyl halides is 1. The Morgan fingerprint density at radius 3 is 2.58 bits per heavy atom. The first-order chi connectivity index (χ1) is 5.72. The lowest BCUT2D eigenvalue weighted by atomic mass is 10.3. The molecule has 0 aliphatic carbocycles. The fraction of sp³-hybridized carbons (Fsp3) is 0.286. The molecule has 0 aliphatic heterocycles. The lowest BCUT2D eigenvalue weighted by Crippen LogP contribution is -2.06. The molecule has 5 heteroatoms. The van der Waals surface area contributed by atoms with Crippen molar-refractivity contribution in [2.75, 3.05) is 5.33 Å². The Kier molecular flexibility index (Phi) is 3.62. The van der Waals surface area contributed by atoms with E-state index in [1.165, 1.54) is 12.4 Å². The van der Waals surface area contributed by atoms with Gasteiger partial charge in [-0.25, -0.2) is 9.97 Å². The molecule has 1 heterocycles. The SMILES string of the molecule is O=C(CBr)Cc1ncc(Cl)cn1. The Morgan fingerprint density at radius 2 is 2.08 bits per heavy atom. The molecule has 0 aliphatic rings. The first-order valence-corrected chi connectivity index (χ1v) is 4.76. The Bertz CT molecular complexity index is 275. The van der Waals surface area contributed by atoms with Crippen molar-refractivity contribution in [2.45, 2.75) is 6.42 Å². The summed E-state index contributed by atoms with van der Waals surface area (Å²) in [5, 5.41) is 0.809. The van der Waals surface area contributed by atoms with Gasteiger partial charge >= 0.3 is 0 Å². The molecule has 0 N–H and O–H groups in total. The van der Waals surface area contributed by atoms with Gasteiger partial charge < -0.3 is 0 Å². The summed E-state index contributed by atoms with van der Waals surface area (Å²) in [7, 11) is 0. The summed E-state index contributed by atoms with van der Waals surface area (Å²) in [6.07, 6.45) is 3.21. The number of ketones is 1. The van der Waals surface area contributed by atoms with Gasteiger partial charge in [-0.3, -0.25) is 4.79 Å². The van der Waals surface area contributed by atoms with Gasteiger partial charge in [0.05, 0.1) is 16.8 Å². The van der Waals surface area contributed by atoms with Crippen LogP contribution >= 0.6 is 27.5 Å². The number of Topliss-reactive ketones (excluding diaryl/α,β-unsaturated/α-hetero) is 1. The summed E-state index contributed by atoms with van der Waals surface area (Å²) in [4.78, 5) is 18.7. The van der Waals surface area contributed by atoms with Crippen molar-refractivity contribution in [3.8, 4) is 0 Å². The number of halogens is 2. The number of rotatable bonds is 3. The van der Waals surface area contributed by atoms with Crippen LogP contribution in [0.15, 0.2) is 12.4 Å². The highest BCUT2D eigenvalue weighted by molar-refractivity contribution is 9.09. The molecular weight excluding hydrogens is 243 g/mol. The van der Waals surface area contributed by atoms with E-state index < -0.39 is 0 Å². The van der Waals surface area contributed by atoms with Gasteiger partial charge in [-0.15, -0.1) is 0 Å². The first-order valence-electron chi connectivity index (χ1n) is 3.26. The number of carbonyl (C=O) groups is 1. The average Bonchev–Trinajstić information content (AvgIpc) is 2.09. The third kappa shape index (κ3) is 2.87. The summed E-state index contributed by atoms with van der Waals surface area (Å²) in [6.45, 7) is 0. The van der Waals surface area contributed by atoms with Crippen LogP contribution in [0.2, 0.25) is 5.02 Å². The van der Waals surface area contributed by atoms with Gasteiger partial charge in [-0.2, -0.15) is 0 Å². The van der Waals surface area contributed by atoms with E-state index in [4.69, 9.17) is 11.6 Å². The molecule has 0 fully saturated rings. The zero-order valence-corrected chi connectivity index (χ0v) is 8.47. The summed E-state index contributed by atoms with van der Waals surface area (Å²) in [5.41, 5.74) is 0. The van der Waals surface area contributed by atoms with E-state index >= 15 is 0 Å². The molecule has 1 rings (SSSR count). The molecule has 0 radical (unpaired) electrons. The standard InChI is InChI=1S/C7H6BrClN2O/c8-2-6(12)1-7-10-3-5(9)4-11-7/h3-4H,1-2H2. The van der Waals surface area contributed by atoms with Crippen LogP contribution in [0, 0.1) is 0 Å². The van der Waals surface area contributed by atoms with Crippen LogP contribution in [0.4, 0.5) is 0 Å². The maximum Gasteiger partial charge on any atom is 0.150 e. The Morgan fingerprint density at radius 1 is 1.50 bits per heavy atom. The molecule has 0 spiro atoms. The summed E-state index contributed by atoms with van der Waals surface area (Å²) < 4.78 is 0. The number of hydrogen-bond donors (Lipinski definition) is 0. The van der Waals surface area contributed by atoms with Crippen LogP contribution in [-0.4, -0.2) is 21.1 Å². The molecular formula is C7H6BrClN2O. The third-order valence-corrected chi connectivity index (χ3v) is 2.00. The van der Waals surface area contributed by atoms with E-state index in [1.807, 2.05) is 0 Å². The second-order valence-electron chi connectivity index (χ2n) is 2.17. The fourth-order valence-corrected chi connectivity index (χ4v) is 0.950. The van der Waals surface area contributed by atoms with Gasteiger partial charge in [0.2, 0.25) is 0 Å². The fourth-order valence-electron chi connectivity index (χ4n) is 0.654. The molecule has 64 valence electrons. The Balaban J connectivity index is 2.64. The highest BCUT2D eigenvalue weighted by atomic mass is 79.9. The average molecular weight is 249 g/mol. The highest BCUT2D eigenvalue weighted by Crippen LogP contribution is 2.03. The third-order valence-electron chi connectivity index (χ3n) is 1.18. The van der Waals surface area contributed by atoms with Gasteiger partial charge in [0.25, 0.3) is 0 Å². The van der Waals surface area contributed by atoms with Crippen LogP contribution < -0.4 is 0 Å². The lowest BCUT2D eigenvalue weighted by molar-refractivity contribution is -0.116. The number of aromatic nitrogens is 2. The van der Waals surface area contributed by atoms with Crippen molar-refractivity contribution in [1.29, 1.82) is 0 Å². The van der Waals surface area contributed by atoms with Gasteiger partial charge in [0.1, 0.15) is 5.82 Å². The highest BCUT2D eigenvalue weighted by Gasteiger charge is 2.03. The predicted molar refractivity (Wildman–Crippen MR) is 49.5 cm³/mol. The van der Waals surface area contributed by atoms with E-state index in [0.717, 1.165) is 0 Å². The molecule has 3 nitrogen and oxygen atoms in total. The van der Waals surface area contributed by atoms with Gasteiger partial charge in [0, 0.05) is 12.4 Å². The van der Waals surface area contributed by atoms with E-state index in [-0.39, 0.29) is 12.2 Å². The van der Waals surface area contributed by atoms with Crippen molar-refractivity contribution in [3.63, 3.8) is 0 Å². The van der Waals surface area contributed by atoms with Crippen molar-refractivity contribution in [1.82, 2.24) is 9.97 Å². The molecule has 0 atom stereocenters. The van der Waals surface area contributed by atoms with Crippen molar-refractivity contribution >= 4 is 33.3 Å². The Hall–Kier alpha value is -0.480. The maximum absolute atomic E-state index is 10.9. The number of carbonyl (C=O) groups excluding carboxylic acids is 1. The van der Waals surface area contributed by atoms with Crippen molar-refractivity contribution < 1.29 is 4.79 Å². The molecule has 1 aromatic heterocycles. The Labute approximate surface area is 83.3 Å². The quantitative estimate of drug-likeness (QED) is 0.765. The number of nitrogens with zero attached hydrogens (tertiary/aromatic N) is 2. The molecule has 0 unspecified atom stereocenters. The molecule has 0 aromatic carbocycles. The molecule has 0 bridgehead atoms.